The Morgan fingerprint density at radius 3 is 2.35 bits per heavy atom. The summed E-state index contributed by atoms with van der Waals surface area (Å²) in [7, 11) is 1.24. The standard InChI is InChI=1S/C15H12F2N2O4/c1-22-14(21)9-2-7-12(18-8-9)13(20)19-10-3-5-11(6-4-10)23-15(16)17/h2-8,15H,1H3,(H,19,20). The van der Waals surface area contributed by atoms with Crippen molar-refractivity contribution in [2.45, 2.75) is 6.61 Å². The highest BCUT2D eigenvalue weighted by Crippen LogP contribution is 2.18. The maximum atomic E-state index is 12.0. The number of ether oxygens (including phenoxy) is 2. The Labute approximate surface area is 130 Å². The number of amides is 1. The van der Waals surface area contributed by atoms with Gasteiger partial charge in [0, 0.05) is 11.9 Å². The second-order valence-electron chi connectivity index (χ2n) is 4.28. The minimum absolute atomic E-state index is 0.0152. The second-order valence-corrected chi connectivity index (χ2v) is 4.28. The van der Waals surface area contributed by atoms with E-state index in [4.69, 9.17) is 0 Å². The number of halogens is 2. The Bertz CT molecular complexity index is 688. The fourth-order valence-electron chi connectivity index (χ4n) is 1.68. The van der Waals surface area contributed by atoms with Gasteiger partial charge in [-0.3, -0.25) is 9.78 Å². The zero-order valence-electron chi connectivity index (χ0n) is 12.0. The zero-order chi connectivity index (χ0) is 16.8. The monoisotopic (exact) mass is 322 g/mol. The van der Waals surface area contributed by atoms with Crippen molar-refractivity contribution < 1.29 is 27.8 Å². The zero-order valence-corrected chi connectivity index (χ0v) is 12.0. The molecule has 2 aromatic rings. The van der Waals surface area contributed by atoms with Crippen molar-refractivity contribution in [2.75, 3.05) is 12.4 Å². The van der Waals surface area contributed by atoms with Crippen LogP contribution in [0.3, 0.4) is 0 Å². The number of alkyl halides is 2. The van der Waals surface area contributed by atoms with E-state index in [1.165, 1.54) is 49.7 Å². The SMILES string of the molecule is COC(=O)c1ccc(C(=O)Nc2ccc(OC(F)F)cc2)nc1. The lowest BCUT2D eigenvalue weighted by Gasteiger charge is -2.07. The van der Waals surface area contributed by atoms with Gasteiger partial charge < -0.3 is 14.8 Å². The van der Waals surface area contributed by atoms with Gasteiger partial charge in [0.05, 0.1) is 12.7 Å². The molecule has 6 nitrogen and oxygen atoms in total. The number of hydrogen-bond donors (Lipinski definition) is 1. The van der Waals surface area contributed by atoms with Crippen LogP contribution in [0.15, 0.2) is 42.6 Å². The molecule has 0 atom stereocenters. The summed E-state index contributed by atoms with van der Waals surface area (Å²) >= 11 is 0. The molecule has 120 valence electrons. The number of aromatic nitrogens is 1. The topological polar surface area (TPSA) is 77.5 Å². The van der Waals surface area contributed by atoms with Crippen LogP contribution in [0, 0.1) is 0 Å². The minimum Gasteiger partial charge on any atom is -0.465 e. The molecule has 0 saturated heterocycles. The van der Waals surface area contributed by atoms with Gasteiger partial charge in [0.2, 0.25) is 0 Å². The summed E-state index contributed by atoms with van der Waals surface area (Å²) in [4.78, 5) is 27.1. The number of nitrogens with zero attached hydrogens (tertiary/aromatic N) is 1. The first-order chi connectivity index (χ1) is 11.0. The van der Waals surface area contributed by atoms with Gasteiger partial charge in [-0.1, -0.05) is 0 Å². The summed E-state index contributed by atoms with van der Waals surface area (Å²) in [6, 6.07) is 8.21. The average Bonchev–Trinajstić information content (AvgIpc) is 2.55. The number of pyridine rings is 1. The first-order valence-corrected chi connectivity index (χ1v) is 6.40. The van der Waals surface area contributed by atoms with Gasteiger partial charge in [-0.25, -0.2) is 4.79 Å². The normalized spacial score (nSPS) is 10.3. The van der Waals surface area contributed by atoms with E-state index in [2.05, 4.69) is 19.8 Å². The Morgan fingerprint density at radius 1 is 1.13 bits per heavy atom. The quantitative estimate of drug-likeness (QED) is 0.857. The van der Waals surface area contributed by atoms with Crippen molar-refractivity contribution in [2.24, 2.45) is 0 Å². The molecule has 1 amide bonds. The minimum atomic E-state index is -2.91. The van der Waals surface area contributed by atoms with Crippen LogP contribution in [0.5, 0.6) is 5.75 Å². The molecule has 0 spiro atoms. The number of rotatable bonds is 5. The smallest absolute Gasteiger partial charge is 0.387 e. The fraction of sp³-hybridized carbons (Fsp3) is 0.133. The first-order valence-electron chi connectivity index (χ1n) is 6.40. The number of anilines is 1. The molecule has 0 fully saturated rings. The third-order valence-electron chi connectivity index (χ3n) is 2.75. The molecule has 1 heterocycles. The van der Waals surface area contributed by atoms with Crippen LogP contribution in [0.1, 0.15) is 20.8 Å². The van der Waals surface area contributed by atoms with Crippen LogP contribution in [-0.4, -0.2) is 30.6 Å². The van der Waals surface area contributed by atoms with Gasteiger partial charge in [0.25, 0.3) is 5.91 Å². The molecule has 0 radical (unpaired) electrons. The summed E-state index contributed by atoms with van der Waals surface area (Å²) in [5.41, 5.74) is 0.693. The number of carbonyl (C=O) groups excluding carboxylic acids is 2. The first kappa shape index (κ1) is 16.3. The maximum absolute atomic E-state index is 12.0. The number of nitrogens with one attached hydrogen (secondary N) is 1. The molecular weight excluding hydrogens is 310 g/mol. The molecule has 0 bridgehead atoms. The summed E-state index contributed by atoms with van der Waals surface area (Å²) in [6.45, 7) is -2.91. The van der Waals surface area contributed by atoms with Gasteiger partial charge in [-0.2, -0.15) is 8.78 Å². The van der Waals surface area contributed by atoms with Crippen LogP contribution >= 0.6 is 0 Å². The molecule has 2 rings (SSSR count). The molecule has 0 aliphatic heterocycles. The highest BCUT2D eigenvalue weighted by Gasteiger charge is 2.11. The molecule has 8 heteroatoms. The van der Waals surface area contributed by atoms with Gasteiger partial charge in [-0.05, 0) is 36.4 Å². The van der Waals surface area contributed by atoms with Crippen LogP contribution < -0.4 is 10.1 Å². The van der Waals surface area contributed by atoms with E-state index in [0.717, 1.165) is 0 Å². The summed E-state index contributed by atoms with van der Waals surface area (Å²) in [5, 5.41) is 2.54. The number of benzene rings is 1. The van der Waals surface area contributed by atoms with E-state index in [0.29, 0.717) is 5.69 Å². The molecule has 0 aliphatic carbocycles. The van der Waals surface area contributed by atoms with E-state index in [9.17, 15) is 18.4 Å². The fourth-order valence-corrected chi connectivity index (χ4v) is 1.68. The molecule has 23 heavy (non-hydrogen) atoms. The largest absolute Gasteiger partial charge is 0.465 e. The molecular formula is C15H12F2N2O4. The van der Waals surface area contributed by atoms with Crippen molar-refractivity contribution in [3.63, 3.8) is 0 Å². The van der Waals surface area contributed by atoms with Gasteiger partial charge in [0.15, 0.2) is 0 Å². The third kappa shape index (κ3) is 4.47. The van der Waals surface area contributed by atoms with Gasteiger partial charge in [-0.15, -0.1) is 0 Å². The Hall–Kier alpha value is -3.03. The highest BCUT2D eigenvalue weighted by molar-refractivity contribution is 6.03. The Morgan fingerprint density at radius 2 is 1.83 bits per heavy atom. The van der Waals surface area contributed by atoms with Crippen molar-refractivity contribution >= 4 is 17.6 Å². The lowest BCUT2D eigenvalue weighted by molar-refractivity contribution is -0.0498. The predicted octanol–water partition coefficient (Wildman–Crippen LogP) is 2.72. The van der Waals surface area contributed by atoms with Gasteiger partial charge in [0.1, 0.15) is 11.4 Å². The van der Waals surface area contributed by atoms with Gasteiger partial charge >= 0.3 is 12.6 Å². The molecule has 0 saturated carbocycles. The van der Waals surface area contributed by atoms with Crippen LogP contribution in [0.4, 0.5) is 14.5 Å². The summed E-state index contributed by atoms with van der Waals surface area (Å²) < 4.78 is 32.8. The average molecular weight is 322 g/mol. The van der Waals surface area contributed by atoms with Crippen LogP contribution in [-0.2, 0) is 4.74 Å². The van der Waals surface area contributed by atoms with Crippen LogP contribution in [0.2, 0.25) is 0 Å². The lowest BCUT2D eigenvalue weighted by Crippen LogP contribution is -2.14. The number of methoxy groups -OCH3 is 1. The van der Waals surface area contributed by atoms with E-state index < -0.39 is 18.5 Å². The van der Waals surface area contributed by atoms with E-state index in [1.807, 2.05) is 0 Å². The third-order valence-corrected chi connectivity index (χ3v) is 2.75. The van der Waals surface area contributed by atoms with Crippen molar-refractivity contribution in [1.29, 1.82) is 0 Å². The molecule has 0 unspecified atom stereocenters. The molecule has 1 aromatic carbocycles. The van der Waals surface area contributed by atoms with Crippen molar-refractivity contribution in [3.05, 3.63) is 53.9 Å². The van der Waals surface area contributed by atoms with Crippen LogP contribution in [0.25, 0.3) is 0 Å². The van der Waals surface area contributed by atoms with E-state index >= 15 is 0 Å². The van der Waals surface area contributed by atoms with E-state index in [-0.39, 0.29) is 17.0 Å². The highest BCUT2D eigenvalue weighted by atomic mass is 19.3. The summed E-state index contributed by atoms with van der Waals surface area (Å²) in [6.07, 6.45) is 1.22. The maximum Gasteiger partial charge on any atom is 0.387 e. The Balaban J connectivity index is 2.02. The van der Waals surface area contributed by atoms with E-state index in [1.54, 1.807) is 0 Å². The molecule has 0 aliphatic rings. The number of carbonyl (C=O) groups is 2. The predicted molar refractivity (Wildman–Crippen MR) is 76.6 cm³/mol. The second kappa shape index (κ2) is 7.30. The molecule has 1 N–H and O–H groups in total. The lowest BCUT2D eigenvalue weighted by atomic mass is 10.2. The molecule has 1 aromatic heterocycles. The number of hydrogen-bond acceptors (Lipinski definition) is 5. The Kier molecular flexibility index (Phi) is 5.19. The summed E-state index contributed by atoms with van der Waals surface area (Å²) in [5.74, 6) is -1.08. The number of esters is 1. The van der Waals surface area contributed by atoms with Crippen molar-refractivity contribution in [3.8, 4) is 5.75 Å². The van der Waals surface area contributed by atoms with Crippen molar-refractivity contribution in [1.82, 2.24) is 4.98 Å².